The van der Waals surface area contributed by atoms with Gasteiger partial charge in [0, 0.05) is 5.56 Å². The zero-order valence-electron chi connectivity index (χ0n) is 10.00. The molecule has 1 aromatic carbocycles. The number of benzene rings is 1. The van der Waals surface area contributed by atoms with Crippen LogP contribution < -0.4 is 0 Å². The van der Waals surface area contributed by atoms with E-state index >= 15 is 0 Å². The summed E-state index contributed by atoms with van der Waals surface area (Å²) in [6, 6.07) is 5.93. The minimum Gasteiger partial charge on any atom is -0.478 e. The number of alkyl halides is 3. The number of fused-ring (bicyclic) bond motifs is 1. The molecule has 0 unspecified atom stereocenters. The Morgan fingerprint density at radius 2 is 1.95 bits per heavy atom. The van der Waals surface area contributed by atoms with Gasteiger partial charge in [-0.05, 0) is 6.07 Å². The van der Waals surface area contributed by atoms with Gasteiger partial charge in [-0.3, -0.25) is 0 Å². The van der Waals surface area contributed by atoms with Crippen molar-refractivity contribution in [2.75, 3.05) is 0 Å². The number of hydrogen-bond donors (Lipinski definition) is 1. The second-order valence-corrected chi connectivity index (χ2v) is 4.93. The van der Waals surface area contributed by atoms with Gasteiger partial charge in [-0.25, -0.2) is 4.79 Å². The monoisotopic (exact) mass is 314 g/mol. The fourth-order valence-corrected chi connectivity index (χ4v) is 2.64. The van der Waals surface area contributed by atoms with Crippen LogP contribution in [0.3, 0.4) is 0 Å². The Labute approximate surface area is 118 Å². The van der Waals surface area contributed by atoms with Crippen molar-refractivity contribution in [3.8, 4) is 10.6 Å². The number of aromatic carboxylic acids is 1. The van der Waals surface area contributed by atoms with Gasteiger partial charge < -0.3 is 5.11 Å². The van der Waals surface area contributed by atoms with Crippen LogP contribution in [0.4, 0.5) is 13.2 Å². The summed E-state index contributed by atoms with van der Waals surface area (Å²) in [5.41, 5.74) is 0.185. The Morgan fingerprint density at radius 1 is 1.24 bits per heavy atom. The van der Waals surface area contributed by atoms with Crippen LogP contribution in [0.15, 0.2) is 24.3 Å². The van der Waals surface area contributed by atoms with E-state index in [4.69, 9.17) is 5.11 Å². The quantitative estimate of drug-likeness (QED) is 0.786. The van der Waals surface area contributed by atoms with Gasteiger partial charge in [0.25, 0.3) is 5.82 Å². The van der Waals surface area contributed by atoms with Crippen molar-refractivity contribution in [1.82, 2.24) is 19.8 Å². The molecule has 0 atom stereocenters. The molecular formula is C11H5F3N4O2S. The van der Waals surface area contributed by atoms with Crippen molar-refractivity contribution in [2.24, 2.45) is 0 Å². The Bertz CT molecular complexity index is 839. The van der Waals surface area contributed by atoms with Gasteiger partial charge in [0.05, 0.1) is 5.56 Å². The highest BCUT2D eigenvalue weighted by molar-refractivity contribution is 7.19. The van der Waals surface area contributed by atoms with Gasteiger partial charge in [0.1, 0.15) is 5.01 Å². The molecule has 0 fully saturated rings. The van der Waals surface area contributed by atoms with Crippen LogP contribution in [-0.4, -0.2) is 30.9 Å². The second kappa shape index (κ2) is 4.52. The van der Waals surface area contributed by atoms with Crippen LogP contribution >= 0.6 is 11.3 Å². The molecule has 6 nitrogen and oxygen atoms in total. The number of nitrogens with zero attached hydrogens (tertiary/aromatic N) is 4. The lowest BCUT2D eigenvalue weighted by Crippen LogP contribution is -2.11. The van der Waals surface area contributed by atoms with Crippen molar-refractivity contribution >= 4 is 22.3 Å². The van der Waals surface area contributed by atoms with Crippen molar-refractivity contribution in [3.63, 3.8) is 0 Å². The Hall–Kier alpha value is -2.49. The summed E-state index contributed by atoms with van der Waals surface area (Å²) in [6.07, 6.45) is -4.68. The van der Waals surface area contributed by atoms with E-state index < -0.39 is 18.0 Å². The third-order valence-electron chi connectivity index (χ3n) is 2.63. The molecule has 3 aromatic rings. The molecule has 0 radical (unpaired) electrons. The molecule has 0 aliphatic rings. The van der Waals surface area contributed by atoms with Gasteiger partial charge in [-0.2, -0.15) is 22.8 Å². The fourth-order valence-electron chi connectivity index (χ4n) is 1.76. The maximum Gasteiger partial charge on any atom is 0.453 e. The second-order valence-electron chi connectivity index (χ2n) is 3.97. The molecule has 2 aromatic heterocycles. The van der Waals surface area contributed by atoms with E-state index in [1.54, 1.807) is 6.07 Å². The largest absolute Gasteiger partial charge is 0.478 e. The molecule has 1 N–H and O–H groups in total. The van der Waals surface area contributed by atoms with Crippen molar-refractivity contribution < 1.29 is 23.1 Å². The molecule has 108 valence electrons. The Balaban J connectivity index is 2.19. The van der Waals surface area contributed by atoms with Crippen LogP contribution in [0.25, 0.3) is 15.5 Å². The molecule has 2 heterocycles. The first-order valence-corrected chi connectivity index (χ1v) is 6.31. The van der Waals surface area contributed by atoms with E-state index in [2.05, 4.69) is 15.3 Å². The topological polar surface area (TPSA) is 80.4 Å². The molecule has 0 spiro atoms. The minimum absolute atomic E-state index is 0.0454. The molecule has 0 saturated carbocycles. The van der Waals surface area contributed by atoms with E-state index in [1.807, 2.05) is 0 Å². The van der Waals surface area contributed by atoms with Crippen molar-refractivity contribution in [1.29, 1.82) is 0 Å². The van der Waals surface area contributed by atoms with E-state index in [9.17, 15) is 18.0 Å². The third kappa shape index (κ3) is 2.23. The first-order chi connectivity index (χ1) is 9.88. The summed E-state index contributed by atoms with van der Waals surface area (Å²) in [5.74, 6) is -2.43. The number of rotatable bonds is 2. The average molecular weight is 314 g/mol. The maximum atomic E-state index is 12.7. The van der Waals surface area contributed by atoms with Gasteiger partial charge in [0.2, 0.25) is 4.96 Å². The molecule has 10 heteroatoms. The predicted octanol–water partition coefficient (Wildman–Crippen LogP) is 2.57. The standard InChI is InChI=1S/C11H5F3N4O2S/c12-11(13,14)9-15-16-10-18(9)17-7(21-10)5-3-1-2-4-6(5)8(19)20/h1-4H,(H,19,20). The lowest BCUT2D eigenvalue weighted by atomic mass is 10.1. The van der Waals surface area contributed by atoms with Crippen LogP contribution in [0.2, 0.25) is 0 Å². The summed E-state index contributed by atoms with van der Waals surface area (Å²) in [7, 11) is 0. The van der Waals surface area contributed by atoms with Gasteiger partial charge in [-0.15, -0.1) is 10.2 Å². The highest BCUT2D eigenvalue weighted by Crippen LogP contribution is 2.32. The first-order valence-electron chi connectivity index (χ1n) is 5.50. The fraction of sp³-hybridized carbons (Fsp3) is 0.0909. The first kappa shape index (κ1) is 13.5. The van der Waals surface area contributed by atoms with Crippen LogP contribution in [0.1, 0.15) is 16.2 Å². The van der Waals surface area contributed by atoms with Crippen LogP contribution in [0, 0.1) is 0 Å². The maximum absolute atomic E-state index is 12.7. The number of carboxylic acids is 1. The Kier molecular flexibility index (Phi) is 2.90. The highest BCUT2D eigenvalue weighted by Gasteiger charge is 2.38. The van der Waals surface area contributed by atoms with Crippen LogP contribution in [0.5, 0.6) is 0 Å². The minimum atomic E-state index is -4.68. The van der Waals surface area contributed by atoms with Crippen molar-refractivity contribution in [3.05, 3.63) is 35.7 Å². The molecule has 0 amide bonds. The molecule has 0 aliphatic carbocycles. The van der Waals surface area contributed by atoms with E-state index in [1.165, 1.54) is 18.2 Å². The molecule has 0 bridgehead atoms. The highest BCUT2D eigenvalue weighted by atomic mass is 32.1. The SMILES string of the molecule is O=C(O)c1ccccc1-c1nn2c(C(F)(F)F)nnc2s1. The average Bonchev–Trinajstić information content (AvgIpc) is 2.96. The van der Waals surface area contributed by atoms with Crippen LogP contribution in [-0.2, 0) is 6.18 Å². The summed E-state index contributed by atoms with van der Waals surface area (Å²) in [5, 5.41) is 19.5. The van der Waals surface area contributed by atoms with Crippen molar-refractivity contribution in [2.45, 2.75) is 6.18 Å². The number of carbonyl (C=O) groups is 1. The lowest BCUT2D eigenvalue weighted by Gasteiger charge is -2.02. The zero-order valence-corrected chi connectivity index (χ0v) is 10.8. The summed E-state index contributed by atoms with van der Waals surface area (Å²) in [6.45, 7) is 0. The molecule has 0 saturated heterocycles. The molecule has 3 rings (SSSR count). The van der Waals surface area contributed by atoms with Gasteiger partial charge in [-0.1, -0.05) is 29.5 Å². The molecule has 21 heavy (non-hydrogen) atoms. The normalized spacial score (nSPS) is 12.0. The predicted molar refractivity (Wildman–Crippen MR) is 66.1 cm³/mol. The summed E-state index contributed by atoms with van der Waals surface area (Å²) < 4.78 is 38.7. The Morgan fingerprint density at radius 3 is 2.62 bits per heavy atom. The summed E-state index contributed by atoms with van der Waals surface area (Å²) >= 11 is 0.834. The summed E-state index contributed by atoms with van der Waals surface area (Å²) in [4.78, 5) is 11.1. The van der Waals surface area contributed by atoms with E-state index in [0.29, 0.717) is 4.52 Å². The molecule has 0 aliphatic heterocycles. The van der Waals surface area contributed by atoms with E-state index in [-0.39, 0.29) is 21.1 Å². The van der Waals surface area contributed by atoms with E-state index in [0.717, 1.165) is 11.3 Å². The third-order valence-corrected chi connectivity index (χ3v) is 3.56. The molecular weight excluding hydrogens is 309 g/mol. The number of aromatic nitrogens is 4. The van der Waals surface area contributed by atoms with Gasteiger partial charge >= 0.3 is 12.1 Å². The number of carboxylic acid groups (broad SMARTS) is 1. The number of halogens is 3. The van der Waals surface area contributed by atoms with Gasteiger partial charge in [0.15, 0.2) is 0 Å². The number of hydrogen-bond acceptors (Lipinski definition) is 5. The lowest BCUT2D eigenvalue weighted by molar-refractivity contribution is -0.146. The zero-order chi connectivity index (χ0) is 15.2. The smallest absolute Gasteiger partial charge is 0.453 e.